The van der Waals surface area contributed by atoms with Crippen molar-refractivity contribution in [3.63, 3.8) is 0 Å². The molecule has 0 saturated heterocycles. The number of benzene rings is 1. The molecule has 0 saturated carbocycles. The SMILES string of the molecule is C=Cc1ccc(CCNC(CC)CCC)cc1. The van der Waals surface area contributed by atoms with Crippen LogP contribution in [-0.2, 0) is 6.42 Å². The topological polar surface area (TPSA) is 12.0 Å². The maximum atomic E-state index is 3.77. The van der Waals surface area contributed by atoms with Crippen molar-refractivity contribution in [2.45, 2.75) is 45.6 Å². The lowest BCUT2D eigenvalue weighted by molar-refractivity contribution is 0.466. The van der Waals surface area contributed by atoms with Crippen LogP contribution in [0.4, 0.5) is 0 Å². The van der Waals surface area contributed by atoms with Crippen molar-refractivity contribution in [3.8, 4) is 0 Å². The van der Waals surface area contributed by atoms with Crippen LogP contribution in [0.1, 0.15) is 44.2 Å². The average Bonchev–Trinajstić information content (AvgIpc) is 2.38. The highest BCUT2D eigenvalue weighted by molar-refractivity contribution is 5.47. The minimum atomic E-state index is 0.687. The summed E-state index contributed by atoms with van der Waals surface area (Å²) in [7, 11) is 0. The number of hydrogen-bond donors (Lipinski definition) is 1. The summed E-state index contributed by atoms with van der Waals surface area (Å²) in [6.45, 7) is 9.35. The molecule has 1 rings (SSSR count). The van der Waals surface area contributed by atoms with Gasteiger partial charge < -0.3 is 5.32 Å². The zero-order valence-electron chi connectivity index (χ0n) is 11.2. The van der Waals surface area contributed by atoms with E-state index in [2.05, 4.69) is 50.0 Å². The third-order valence-electron chi connectivity index (χ3n) is 3.19. The molecule has 0 fully saturated rings. The fraction of sp³-hybridized carbons (Fsp3) is 0.500. The lowest BCUT2D eigenvalue weighted by atomic mass is 10.1. The zero-order valence-corrected chi connectivity index (χ0v) is 11.2. The van der Waals surface area contributed by atoms with E-state index in [0.717, 1.165) is 13.0 Å². The fourth-order valence-corrected chi connectivity index (χ4v) is 2.04. The summed E-state index contributed by atoms with van der Waals surface area (Å²) in [6.07, 6.45) is 6.77. The van der Waals surface area contributed by atoms with Gasteiger partial charge in [-0.15, -0.1) is 0 Å². The second kappa shape index (κ2) is 8.08. The summed E-state index contributed by atoms with van der Waals surface area (Å²) >= 11 is 0. The lowest BCUT2D eigenvalue weighted by Gasteiger charge is -2.15. The molecule has 1 heteroatoms. The van der Waals surface area contributed by atoms with E-state index in [4.69, 9.17) is 0 Å². The van der Waals surface area contributed by atoms with Crippen molar-refractivity contribution >= 4 is 6.08 Å². The lowest BCUT2D eigenvalue weighted by Crippen LogP contribution is -2.30. The van der Waals surface area contributed by atoms with Gasteiger partial charge in [0, 0.05) is 6.04 Å². The Kier molecular flexibility index (Phi) is 6.64. The van der Waals surface area contributed by atoms with Gasteiger partial charge in [0.15, 0.2) is 0 Å². The van der Waals surface area contributed by atoms with Crippen LogP contribution in [0, 0.1) is 0 Å². The van der Waals surface area contributed by atoms with E-state index in [0.29, 0.717) is 6.04 Å². The van der Waals surface area contributed by atoms with Crippen molar-refractivity contribution < 1.29 is 0 Å². The van der Waals surface area contributed by atoms with Crippen LogP contribution in [0.25, 0.3) is 6.08 Å². The first kappa shape index (κ1) is 14.0. The fourth-order valence-electron chi connectivity index (χ4n) is 2.04. The molecule has 0 heterocycles. The molecular weight excluding hydrogens is 206 g/mol. The van der Waals surface area contributed by atoms with Gasteiger partial charge in [-0.1, -0.05) is 57.2 Å². The molecule has 0 aromatic heterocycles. The molecule has 0 aliphatic rings. The van der Waals surface area contributed by atoms with E-state index in [1.54, 1.807) is 0 Å². The summed E-state index contributed by atoms with van der Waals surface area (Å²) < 4.78 is 0. The maximum Gasteiger partial charge on any atom is 0.00644 e. The Hall–Kier alpha value is -1.08. The second-order valence-corrected chi connectivity index (χ2v) is 4.54. The molecule has 0 aliphatic carbocycles. The van der Waals surface area contributed by atoms with Crippen molar-refractivity contribution in [3.05, 3.63) is 42.0 Å². The first-order valence-electron chi connectivity index (χ1n) is 6.74. The first-order chi connectivity index (χ1) is 8.30. The molecule has 0 radical (unpaired) electrons. The average molecular weight is 231 g/mol. The Bertz CT molecular complexity index is 313. The monoisotopic (exact) mass is 231 g/mol. The molecule has 17 heavy (non-hydrogen) atoms. The number of rotatable bonds is 8. The molecule has 1 nitrogen and oxygen atoms in total. The third-order valence-corrected chi connectivity index (χ3v) is 3.19. The Morgan fingerprint density at radius 2 is 1.94 bits per heavy atom. The molecule has 0 amide bonds. The van der Waals surface area contributed by atoms with Crippen molar-refractivity contribution in [1.82, 2.24) is 5.32 Å². The van der Waals surface area contributed by atoms with E-state index >= 15 is 0 Å². The molecule has 1 atom stereocenters. The van der Waals surface area contributed by atoms with E-state index in [9.17, 15) is 0 Å². The predicted molar refractivity (Wildman–Crippen MR) is 77.2 cm³/mol. The molecule has 0 spiro atoms. The van der Waals surface area contributed by atoms with Crippen LogP contribution in [0.2, 0.25) is 0 Å². The largest absolute Gasteiger partial charge is 0.314 e. The molecule has 1 N–H and O–H groups in total. The van der Waals surface area contributed by atoms with Crippen molar-refractivity contribution in [1.29, 1.82) is 0 Å². The Morgan fingerprint density at radius 3 is 2.47 bits per heavy atom. The van der Waals surface area contributed by atoms with Crippen LogP contribution < -0.4 is 5.32 Å². The summed E-state index contributed by atoms with van der Waals surface area (Å²) in [6, 6.07) is 9.34. The summed E-state index contributed by atoms with van der Waals surface area (Å²) in [5.41, 5.74) is 2.59. The van der Waals surface area contributed by atoms with Crippen LogP contribution >= 0.6 is 0 Å². The first-order valence-corrected chi connectivity index (χ1v) is 6.74. The van der Waals surface area contributed by atoms with E-state index in [1.807, 2.05) is 6.08 Å². The van der Waals surface area contributed by atoms with Gasteiger partial charge in [-0.05, 0) is 36.9 Å². The van der Waals surface area contributed by atoms with Crippen LogP contribution in [0.3, 0.4) is 0 Å². The Labute approximate surface area is 106 Å². The zero-order chi connectivity index (χ0) is 12.5. The van der Waals surface area contributed by atoms with E-state index in [-0.39, 0.29) is 0 Å². The minimum absolute atomic E-state index is 0.687. The van der Waals surface area contributed by atoms with Gasteiger partial charge in [0.2, 0.25) is 0 Å². The van der Waals surface area contributed by atoms with E-state index in [1.165, 1.54) is 30.4 Å². The van der Waals surface area contributed by atoms with Gasteiger partial charge in [0.25, 0.3) is 0 Å². The number of nitrogens with one attached hydrogen (secondary N) is 1. The van der Waals surface area contributed by atoms with Gasteiger partial charge in [-0.25, -0.2) is 0 Å². The molecule has 0 aliphatic heterocycles. The Morgan fingerprint density at radius 1 is 1.24 bits per heavy atom. The predicted octanol–water partition coefficient (Wildman–Crippen LogP) is 4.04. The molecule has 0 bridgehead atoms. The highest BCUT2D eigenvalue weighted by Crippen LogP contribution is 2.06. The van der Waals surface area contributed by atoms with Gasteiger partial charge in [0.05, 0.1) is 0 Å². The minimum Gasteiger partial charge on any atom is -0.314 e. The van der Waals surface area contributed by atoms with Crippen LogP contribution in [-0.4, -0.2) is 12.6 Å². The molecule has 1 aromatic rings. The van der Waals surface area contributed by atoms with Gasteiger partial charge in [0.1, 0.15) is 0 Å². The molecule has 94 valence electrons. The standard InChI is InChI=1S/C16H25N/c1-4-7-16(6-3)17-13-12-15-10-8-14(5-2)9-11-15/h5,8-11,16-17H,2,4,6-7,12-13H2,1,3H3. The summed E-state index contributed by atoms with van der Waals surface area (Å²) in [5, 5.41) is 3.63. The normalized spacial score (nSPS) is 12.4. The summed E-state index contributed by atoms with van der Waals surface area (Å²) in [4.78, 5) is 0. The smallest absolute Gasteiger partial charge is 0.00644 e. The van der Waals surface area contributed by atoms with Gasteiger partial charge in [-0.3, -0.25) is 0 Å². The van der Waals surface area contributed by atoms with Crippen LogP contribution in [0.5, 0.6) is 0 Å². The maximum absolute atomic E-state index is 3.77. The quantitative estimate of drug-likeness (QED) is 0.712. The van der Waals surface area contributed by atoms with Crippen molar-refractivity contribution in [2.24, 2.45) is 0 Å². The third kappa shape index (κ3) is 5.18. The number of hydrogen-bond acceptors (Lipinski definition) is 1. The van der Waals surface area contributed by atoms with Crippen LogP contribution in [0.15, 0.2) is 30.8 Å². The van der Waals surface area contributed by atoms with E-state index < -0.39 is 0 Å². The van der Waals surface area contributed by atoms with Gasteiger partial charge >= 0.3 is 0 Å². The highest BCUT2D eigenvalue weighted by atomic mass is 14.9. The molecule has 1 aromatic carbocycles. The summed E-state index contributed by atoms with van der Waals surface area (Å²) in [5.74, 6) is 0. The second-order valence-electron chi connectivity index (χ2n) is 4.54. The molecular formula is C16H25N. The highest BCUT2D eigenvalue weighted by Gasteiger charge is 2.03. The van der Waals surface area contributed by atoms with Crippen molar-refractivity contribution in [2.75, 3.05) is 6.54 Å². The Balaban J connectivity index is 2.31. The van der Waals surface area contributed by atoms with Gasteiger partial charge in [-0.2, -0.15) is 0 Å². The molecule has 1 unspecified atom stereocenters.